The van der Waals surface area contributed by atoms with Crippen molar-refractivity contribution >= 4 is 10.9 Å². The van der Waals surface area contributed by atoms with Crippen molar-refractivity contribution in [1.29, 1.82) is 0 Å². The molecule has 0 bridgehead atoms. The van der Waals surface area contributed by atoms with Crippen molar-refractivity contribution in [1.82, 2.24) is 4.98 Å². The van der Waals surface area contributed by atoms with Gasteiger partial charge in [-0.05, 0) is 24.6 Å². The second-order valence-corrected chi connectivity index (χ2v) is 4.75. The van der Waals surface area contributed by atoms with Crippen LogP contribution in [-0.4, -0.2) is 23.2 Å². The second-order valence-electron chi connectivity index (χ2n) is 4.75. The zero-order valence-electron chi connectivity index (χ0n) is 10.3. The Morgan fingerprint density at radius 2 is 2.06 bits per heavy atom. The van der Waals surface area contributed by atoms with Gasteiger partial charge in [-0.1, -0.05) is 25.1 Å². The number of nitrogens with zero attached hydrogens (tertiary/aromatic N) is 1. The summed E-state index contributed by atoms with van der Waals surface area (Å²) >= 11 is 0. The highest BCUT2D eigenvalue weighted by Gasteiger charge is 2.26. The number of aliphatic hydroxyl groups excluding tert-OH is 1. The summed E-state index contributed by atoms with van der Waals surface area (Å²) in [6, 6.07) is 9.99. The molecule has 0 radical (unpaired) electrons. The van der Waals surface area contributed by atoms with E-state index < -0.39 is 5.41 Å². The number of fused-ring (bicyclic) bond motifs is 1. The Morgan fingerprint density at radius 1 is 1.35 bits per heavy atom. The number of rotatable bonds is 3. The predicted octanol–water partition coefficient (Wildman–Crippen LogP) is 1.75. The van der Waals surface area contributed by atoms with Crippen LogP contribution in [0.3, 0.4) is 0 Å². The summed E-state index contributed by atoms with van der Waals surface area (Å²) in [7, 11) is 0. The summed E-state index contributed by atoms with van der Waals surface area (Å²) in [4.78, 5) is 4.50. The van der Waals surface area contributed by atoms with E-state index in [9.17, 15) is 5.11 Å². The number of aryl methyl sites for hydroxylation is 1. The Bertz CT molecular complexity index is 533. The minimum Gasteiger partial charge on any atom is -0.395 e. The predicted molar refractivity (Wildman–Crippen MR) is 70.0 cm³/mol. The van der Waals surface area contributed by atoms with Crippen molar-refractivity contribution in [2.24, 2.45) is 5.73 Å². The van der Waals surface area contributed by atoms with Gasteiger partial charge in [-0.2, -0.15) is 0 Å². The third-order valence-corrected chi connectivity index (χ3v) is 3.29. The average Bonchev–Trinajstić information content (AvgIpc) is 2.36. The molecule has 17 heavy (non-hydrogen) atoms. The molecule has 3 heteroatoms. The van der Waals surface area contributed by atoms with Gasteiger partial charge in [0, 0.05) is 23.0 Å². The molecular weight excluding hydrogens is 212 g/mol. The fourth-order valence-electron chi connectivity index (χ4n) is 2.07. The molecule has 1 unspecified atom stereocenters. The molecule has 0 spiro atoms. The zero-order valence-corrected chi connectivity index (χ0v) is 10.3. The molecular formula is C14H18N2O. The van der Waals surface area contributed by atoms with Gasteiger partial charge in [0.15, 0.2) is 0 Å². The third kappa shape index (κ3) is 2.04. The molecule has 1 aromatic heterocycles. The van der Waals surface area contributed by atoms with Crippen molar-refractivity contribution < 1.29 is 5.11 Å². The molecule has 0 aliphatic carbocycles. The number of benzene rings is 1. The SMILES string of the molecule is Cc1cc(C(C)(CN)CO)c2ccccc2n1. The summed E-state index contributed by atoms with van der Waals surface area (Å²) < 4.78 is 0. The van der Waals surface area contributed by atoms with Gasteiger partial charge in [0.2, 0.25) is 0 Å². The monoisotopic (exact) mass is 230 g/mol. The molecule has 0 amide bonds. The van der Waals surface area contributed by atoms with Crippen molar-refractivity contribution in [3.63, 3.8) is 0 Å². The lowest BCUT2D eigenvalue weighted by molar-refractivity contribution is 0.211. The topological polar surface area (TPSA) is 59.1 Å². The third-order valence-electron chi connectivity index (χ3n) is 3.29. The molecule has 0 aliphatic heterocycles. The van der Waals surface area contributed by atoms with Crippen LogP contribution in [0.15, 0.2) is 30.3 Å². The molecule has 0 fully saturated rings. The quantitative estimate of drug-likeness (QED) is 0.844. The molecule has 0 aliphatic rings. The number of hydrogen-bond donors (Lipinski definition) is 2. The first-order valence-corrected chi connectivity index (χ1v) is 5.78. The first kappa shape index (κ1) is 12.0. The normalized spacial score (nSPS) is 14.8. The van der Waals surface area contributed by atoms with Crippen LogP contribution >= 0.6 is 0 Å². The lowest BCUT2D eigenvalue weighted by Crippen LogP contribution is -2.35. The number of para-hydroxylation sites is 1. The van der Waals surface area contributed by atoms with Crippen LogP contribution in [0.2, 0.25) is 0 Å². The van der Waals surface area contributed by atoms with Gasteiger partial charge < -0.3 is 10.8 Å². The Morgan fingerprint density at radius 3 is 2.71 bits per heavy atom. The highest BCUT2D eigenvalue weighted by Crippen LogP contribution is 2.29. The summed E-state index contributed by atoms with van der Waals surface area (Å²) in [5.41, 5.74) is 8.38. The Balaban J connectivity index is 2.75. The Labute approximate surface area is 101 Å². The Hall–Kier alpha value is -1.45. The maximum Gasteiger partial charge on any atom is 0.0708 e. The van der Waals surface area contributed by atoms with E-state index in [1.165, 1.54) is 0 Å². The van der Waals surface area contributed by atoms with Gasteiger partial charge in [0.05, 0.1) is 12.1 Å². The van der Waals surface area contributed by atoms with E-state index in [2.05, 4.69) is 4.98 Å². The van der Waals surface area contributed by atoms with E-state index in [4.69, 9.17) is 5.73 Å². The number of aromatic nitrogens is 1. The first-order chi connectivity index (χ1) is 8.10. The van der Waals surface area contributed by atoms with E-state index in [-0.39, 0.29) is 6.61 Å². The van der Waals surface area contributed by atoms with Crippen LogP contribution < -0.4 is 5.73 Å². The highest BCUT2D eigenvalue weighted by molar-refractivity contribution is 5.83. The zero-order chi connectivity index (χ0) is 12.5. The Kier molecular flexibility index (Phi) is 3.13. The van der Waals surface area contributed by atoms with Gasteiger partial charge in [0.25, 0.3) is 0 Å². The molecule has 2 rings (SSSR count). The van der Waals surface area contributed by atoms with Crippen molar-refractivity contribution in [3.8, 4) is 0 Å². The minimum atomic E-state index is -0.409. The smallest absolute Gasteiger partial charge is 0.0708 e. The molecule has 1 aromatic carbocycles. The van der Waals surface area contributed by atoms with Crippen LogP contribution in [0.5, 0.6) is 0 Å². The van der Waals surface area contributed by atoms with Gasteiger partial charge in [-0.15, -0.1) is 0 Å². The van der Waals surface area contributed by atoms with Crippen LogP contribution in [0.25, 0.3) is 10.9 Å². The summed E-state index contributed by atoms with van der Waals surface area (Å²) in [5.74, 6) is 0. The van der Waals surface area contributed by atoms with E-state index in [0.29, 0.717) is 6.54 Å². The number of nitrogens with two attached hydrogens (primary N) is 1. The van der Waals surface area contributed by atoms with Crippen LogP contribution in [0, 0.1) is 6.92 Å². The largest absolute Gasteiger partial charge is 0.395 e. The standard InChI is InChI=1S/C14H18N2O/c1-10-7-12(14(2,8-15)9-17)11-5-3-4-6-13(11)16-10/h3-7,17H,8-9,15H2,1-2H3. The molecule has 3 N–H and O–H groups in total. The second kappa shape index (κ2) is 4.43. The van der Waals surface area contributed by atoms with Crippen LogP contribution in [-0.2, 0) is 5.41 Å². The molecule has 0 saturated heterocycles. The lowest BCUT2D eigenvalue weighted by Gasteiger charge is -2.27. The fraction of sp³-hybridized carbons (Fsp3) is 0.357. The molecule has 3 nitrogen and oxygen atoms in total. The summed E-state index contributed by atoms with van der Waals surface area (Å²) in [5, 5.41) is 10.7. The van der Waals surface area contributed by atoms with Gasteiger partial charge in [-0.3, -0.25) is 4.98 Å². The van der Waals surface area contributed by atoms with Gasteiger partial charge >= 0.3 is 0 Å². The van der Waals surface area contributed by atoms with Crippen LogP contribution in [0.4, 0.5) is 0 Å². The fourth-order valence-corrected chi connectivity index (χ4v) is 2.07. The van der Waals surface area contributed by atoms with Crippen molar-refractivity contribution in [2.45, 2.75) is 19.3 Å². The number of hydrogen-bond acceptors (Lipinski definition) is 3. The highest BCUT2D eigenvalue weighted by atomic mass is 16.3. The van der Waals surface area contributed by atoms with Crippen molar-refractivity contribution in [3.05, 3.63) is 41.6 Å². The molecule has 2 aromatic rings. The molecule has 90 valence electrons. The maximum absolute atomic E-state index is 9.59. The van der Waals surface area contributed by atoms with Gasteiger partial charge in [-0.25, -0.2) is 0 Å². The van der Waals surface area contributed by atoms with E-state index >= 15 is 0 Å². The first-order valence-electron chi connectivity index (χ1n) is 5.78. The molecule has 1 heterocycles. The van der Waals surface area contributed by atoms with Crippen molar-refractivity contribution in [2.75, 3.05) is 13.2 Å². The average molecular weight is 230 g/mol. The minimum absolute atomic E-state index is 0.0386. The van der Waals surface area contributed by atoms with E-state index in [0.717, 1.165) is 22.2 Å². The lowest BCUT2D eigenvalue weighted by atomic mass is 9.81. The number of pyridine rings is 1. The molecule has 1 atom stereocenters. The van der Waals surface area contributed by atoms with E-state index in [1.54, 1.807) is 0 Å². The maximum atomic E-state index is 9.59. The van der Waals surface area contributed by atoms with Crippen LogP contribution in [0.1, 0.15) is 18.2 Å². The van der Waals surface area contributed by atoms with E-state index in [1.807, 2.05) is 44.2 Å². The van der Waals surface area contributed by atoms with Gasteiger partial charge in [0.1, 0.15) is 0 Å². The molecule has 0 saturated carbocycles. The number of aliphatic hydroxyl groups is 1. The summed E-state index contributed by atoms with van der Waals surface area (Å²) in [6.45, 7) is 4.40. The summed E-state index contributed by atoms with van der Waals surface area (Å²) in [6.07, 6.45) is 0.